The van der Waals surface area contributed by atoms with Crippen molar-refractivity contribution in [1.82, 2.24) is 4.90 Å². The van der Waals surface area contributed by atoms with Gasteiger partial charge in [-0.3, -0.25) is 4.90 Å². The molecule has 0 spiro atoms. The Morgan fingerprint density at radius 3 is 2.62 bits per heavy atom. The number of fused-ring (bicyclic) bond motifs is 1. The number of rotatable bonds is 3. The van der Waals surface area contributed by atoms with Crippen LogP contribution in [-0.4, -0.2) is 31.3 Å². The Bertz CT molecular complexity index is 741. The van der Waals surface area contributed by atoms with Gasteiger partial charge in [-0.15, -0.1) is 0 Å². The number of benzene rings is 2. The summed E-state index contributed by atoms with van der Waals surface area (Å²) >= 11 is 0. The molecule has 0 saturated carbocycles. The van der Waals surface area contributed by atoms with Crippen molar-refractivity contribution in [3.63, 3.8) is 0 Å². The first-order chi connectivity index (χ1) is 11.8. The highest BCUT2D eigenvalue weighted by molar-refractivity contribution is 5.70. The van der Waals surface area contributed by atoms with Crippen molar-refractivity contribution in [1.29, 1.82) is 0 Å². The number of aryl methyl sites for hydroxylation is 1. The third kappa shape index (κ3) is 2.52. The Morgan fingerprint density at radius 2 is 1.92 bits per heavy atom. The second-order valence-electron chi connectivity index (χ2n) is 6.37. The van der Waals surface area contributed by atoms with Crippen LogP contribution in [0.4, 0.5) is 4.79 Å². The van der Waals surface area contributed by atoms with Crippen LogP contribution >= 0.6 is 0 Å². The zero-order valence-electron chi connectivity index (χ0n) is 13.8. The van der Waals surface area contributed by atoms with Gasteiger partial charge in [0.25, 0.3) is 0 Å². The first kappa shape index (κ1) is 15.1. The number of hydrogen-bond donors (Lipinski definition) is 0. The predicted octanol–water partition coefficient (Wildman–Crippen LogP) is 3.92. The summed E-state index contributed by atoms with van der Waals surface area (Å²) in [5, 5.41) is 0. The molecule has 1 amide bonds. The maximum Gasteiger partial charge on any atom is 0.410 e. The molecule has 124 valence electrons. The third-order valence-corrected chi connectivity index (χ3v) is 5.15. The number of carbonyl (C=O) groups excluding carboxylic acids is 1. The van der Waals surface area contributed by atoms with E-state index in [4.69, 9.17) is 9.47 Å². The van der Waals surface area contributed by atoms with Gasteiger partial charge in [0.15, 0.2) is 0 Å². The highest BCUT2D eigenvalue weighted by atomic mass is 16.6. The van der Waals surface area contributed by atoms with E-state index in [9.17, 15) is 4.79 Å². The van der Waals surface area contributed by atoms with E-state index >= 15 is 0 Å². The fraction of sp³-hybridized carbons (Fsp3) is 0.350. The number of carbonyl (C=O) groups is 1. The normalized spacial score (nSPS) is 22.9. The summed E-state index contributed by atoms with van der Waals surface area (Å²) < 4.78 is 10.5. The van der Waals surface area contributed by atoms with Crippen molar-refractivity contribution in [2.75, 3.05) is 20.3 Å². The summed E-state index contributed by atoms with van der Waals surface area (Å²) in [6.45, 7) is 1.14. The van der Waals surface area contributed by atoms with Crippen molar-refractivity contribution in [2.45, 2.75) is 24.8 Å². The quantitative estimate of drug-likeness (QED) is 0.859. The number of methoxy groups -OCH3 is 1. The summed E-state index contributed by atoms with van der Waals surface area (Å²) in [5.41, 5.74) is 3.84. The molecule has 1 aliphatic carbocycles. The van der Waals surface area contributed by atoms with Gasteiger partial charge in [0, 0.05) is 5.92 Å². The maximum absolute atomic E-state index is 12.2. The third-order valence-electron chi connectivity index (χ3n) is 5.15. The molecule has 24 heavy (non-hydrogen) atoms. The average molecular weight is 323 g/mol. The first-order valence-electron chi connectivity index (χ1n) is 8.43. The van der Waals surface area contributed by atoms with Gasteiger partial charge in [0.05, 0.1) is 19.7 Å². The summed E-state index contributed by atoms with van der Waals surface area (Å²) in [6.07, 6.45) is 1.86. The number of nitrogens with zero attached hydrogens (tertiary/aromatic N) is 1. The maximum atomic E-state index is 12.2. The molecule has 0 radical (unpaired) electrons. The SMILES string of the molecule is COc1ccc([C@@H]2CCc3ccccc3[C@H]2N2CCOC2=O)cc1. The number of hydrogen-bond acceptors (Lipinski definition) is 3. The molecule has 4 heteroatoms. The summed E-state index contributed by atoms with van der Waals surface area (Å²) in [6, 6.07) is 16.7. The van der Waals surface area contributed by atoms with Crippen LogP contribution in [0.1, 0.15) is 35.1 Å². The van der Waals surface area contributed by atoms with E-state index in [1.807, 2.05) is 17.0 Å². The van der Waals surface area contributed by atoms with Crippen LogP contribution in [0.2, 0.25) is 0 Å². The van der Waals surface area contributed by atoms with Crippen LogP contribution in [0.25, 0.3) is 0 Å². The molecule has 2 atom stereocenters. The molecule has 1 fully saturated rings. The second kappa shape index (κ2) is 6.19. The Hall–Kier alpha value is -2.49. The monoisotopic (exact) mass is 323 g/mol. The fourth-order valence-electron chi connectivity index (χ4n) is 3.98. The van der Waals surface area contributed by atoms with Crippen molar-refractivity contribution < 1.29 is 14.3 Å². The minimum atomic E-state index is -0.199. The summed E-state index contributed by atoms with van der Waals surface area (Å²) in [5.74, 6) is 1.13. The topological polar surface area (TPSA) is 38.8 Å². The first-order valence-corrected chi connectivity index (χ1v) is 8.43. The zero-order valence-corrected chi connectivity index (χ0v) is 13.8. The van der Waals surface area contributed by atoms with E-state index in [-0.39, 0.29) is 18.1 Å². The highest BCUT2D eigenvalue weighted by Gasteiger charge is 2.39. The van der Waals surface area contributed by atoms with E-state index in [0.29, 0.717) is 13.2 Å². The molecule has 0 aromatic heterocycles. The lowest BCUT2D eigenvalue weighted by Gasteiger charge is -2.38. The molecule has 4 nitrogen and oxygen atoms in total. The van der Waals surface area contributed by atoms with Crippen LogP contribution in [-0.2, 0) is 11.2 Å². The molecule has 1 heterocycles. The van der Waals surface area contributed by atoms with Crippen molar-refractivity contribution in [3.8, 4) is 5.75 Å². The Balaban J connectivity index is 1.75. The van der Waals surface area contributed by atoms with Gasteiger partial charge in [-0.25, -0.2) is 4.79 Å². The number of ether oxygens (including phenoxy) is 2. The van der Waals surface area contributed by atoms with E-state index < -0.39 is 0 Å². The van der Waals surface area contributed by atoms with Gasteiger partial charge < -0.3 is 9.47 Å². The lowest BCUT2D eigenvalue weighted by Crippen LogP contribution is -2.36. The van der Waals surface area contributed by atoms with Gasteiger partial charge in [-0.1, -0.05) is 36.4 Å². The molecule has 0 unspecified atom stereocenters. The van der Waals surface area contributed by atoms with Crippen LogP contribution in [0.15, 0.2) is 48.5 Å². The molecule has 2 aromatic carbocycles. The minimum absolute atomic E-state index is 0.0401. The lowest BCUT2D eigenvalue weighted by molar-refractivity contribution is 0.139. The van der Waals surface area contributed by atoms with Crippen LogP contribution in [0, 0.1) is 0 Å². The highest BCUT2D eigenvalue weighted by Crippen LogP contribution is 2.45. The minimum Gasteiger partial charge on any atom is -0.497 e. The standard InChI is InChI=1S/C20H21NO3/c1-23-16-9-6-15(7-10-16)18-11-8-14-4-2-3-5-17(14)19(18)21-12-13-24-20(21)22/h2-7,9-10,18-19H,8,11-13H2,1H3/t18-,19+/m0/s1. The van der Waals surface area contributed by atoms with E-state index in [1.54, 1.807) is 7.11 Å². The molecule has 1 saturated heterocycles. The molecule has 4 rings (SSSR count). The molecule has 2 aromatic rings. The summed E-state index contributed by atoms with van der Waals surface area (Å²) in [4.78, 5) is 14.1. The van der Waals surface area contributed by atoms with Gasteiger partial charge in [0.1, 0.15) is 12.4 Å². The van der Waals surface area contributed by atoms with Gasteiger partial charge >= 0.3 is 6.09 Å². The van der Waals surface area contributed by atoms with E-state index in [2.05, 4.69) is 36.4 Å². The fourth-order valence-corrected chi connectivity index (χ4v) is 3.98. The molecule has 1 aliphatic heterocycles. The Morgan fingerprint density at radius 1 is 1.12 bits per heavy atom. The molecule has 0 N–H and O–H groups in total. The van der Waals surface area contributed by atoms with Crippen LogP contribution in [0.5, 0.6) is 5.75 Å². The summed E-state index contributed by atoms with van der Waals surface area (Å²) in [7, 11) is 1.68. The smallest absolute Gasteiger partial charge is 0.410 e. The molecular weight excluding hydrogens is 302 g/mol. The van der Waals surface area contributed by atoms with E-state index in [1.165, 1.54) is 16.7 Å². The van der Waals surface area contributed by atoms with Crippen molar-refractivity contribution >= 4 is 6.09 Å². The second-order valence-corrected chi connectivity index (χ2v) is 6.37. The van der Waals surface area contributed by atoms with Gasteiger partial charge in [-0.2, -0.15) is 0 Å². The van der Waals surface area contributed by atoms with Crippen LogP contribution < -0.4 is 4.74 Å². The molecule has 2 aliphatic rings. The van der Waals surface area contributed by atoms with Crippen molar-refractivity contribution in [2.24, 2.45) is 0 Å². The predicted molar refractivity (Wildman–Crippen MR) is 91.3 cm³/mol. The lowest BCUT2D eigenvalue weighted by atomic mass is 9.75. The van der Waals surface area contributed by atoms with Gasteiger partial charge in [-0.05, 0) is 41.7 Å². The Labute approximate surface area is 142 Å². The molecular formula is C20H21NO3. The van der Waals surface area contributed by atoms with Gasteiger partial charge in [0.2, 0.25) is 0 Å². The average Bonchev–Trinajstić information content (AvgIpc) is 3.06. The zero-order chi connectivity index (χ0) is 16.5. The largest absolute Gasteiger partial charge is 0.497 e. The van der Waals surface area contributed by atoms with Crippen molar-refractivity contribution in [3.05, 3.63) is 65.2 Å². The van der Waals surface area contributed by atoms with Crippen LogP contribution in [0.3, 0.4) is 0 Å². The van der Waals surface area contributed by atoms with E-state index in [0.717, 1.165) is 18.6 Å². The number of amides is 1. The molecule has 0 bridgehead atoms. The Kier molecular flexibility index (Phi) is 3.89. The number of cyclic esters (lactones) is 1.